The summed E-state index contributed by atoms with van der Waals surface area (Å²) in [6, 6.07) is 5.79. The van der Waals surface area contributed by atoms with Crippen LogP contribution in [0, 0.1) is 11.9 Å². The van der Waals surface area contributed by atoms with Gasteiger partial charge in [0, 0.05) is 6.54 Å². The summed E-state index contributed by atoms with van der Waals surface area (Å²) >= 11 is 0. The fourth-order valence-electron chi connectivity index (χ4n) is 3.03. The topological polar surface area (TPSA) is 127 Å². The highest BCUT2D eigenvalue weighted by atomic mass is 19.1. The smallest absolute Gasteiger partial charge is 0.252 e. The number of nitrogens with zero attached hydrogens (tertiary/aromatic N) is 3. The first-order valence-corrected chi connectivity index (χ1v) is 8.28. The Morgan fingerprint density at radius 3 is 2.74 bits per heavy atom. The second kappa shape index (κ2) is 7.50. The molecular weight excluding hydrogens is 351 g/mol. The van der Waals surface area contributed by atoms with E-state index in [-0.39, 0.29) is 23.1 Å². The van der Waals surface area contributed by atoms with E-state index in [0.717, 1.165) is 0 Å². The summed E-state index contributed by atoms with van der Waals surface area (Å²) in [6.45, 7) is 4.04. The molecule has 8 nitrogen and oxygen atoms in total. The zero-order valence-corrected chi connectivity index (χ0v) is 14.4. The minimum atomic E-state index is -0.669. The number of primary amides is 1. The Morgan fingerprint density at radius 2 is 2.11 bits per heavy atom. The third-order valence-electron chi connectivity index (χ3n) is 4.45. The van der Waals surface area contributed by atoms with E-state index >= 15 is 0 Å². The highest BCUT2D eigenvalue weighted by Crippen LogP contribution is 2.29. The number of allylic oxidation sites excluding steroid dienone is 1. The average molecular weight is 370 g/mol. The molecule has 2 aromatic rings. The molecule has 2 unspecified atom stereocenters. The molecule has 1 fully saturated rings. The van der Waals surface area contributed by atoms with E-state index in [2.05, 4.69) is 21.9 Å². The number of carbonyl (C=O) groups excluding carboxylic acids is 2. The summed E-state index contributed by atoms with van der Waals surface area (Å²) in [5, 5.41) is 2.91. The van der Waals surface area contributed by atoms with E-state index in [0.29, 0.717) is 24.5 Å². The molecule has 0 spiro atoms. The molecule has 1 aliphatic heterocycles. The highest BCUT2D eigenvalue weighted by molar-refractivity contribution is 5.98. The molecule has 5 N–H and O–H groups in total. The summed E-state index contributed by atoms with van der Waals surface area (Å²) in [5.41, 5.74) is 12.2. The molecule has 27 heavy (non-hydrogen) atoms. The van der Waals surface area contributed by atoms with Crippen LogP contribution in [-0.2, 0) is 4.79 Å². The van der Waals surface area contributed by atoms with Crippen molar-refractivity contribution in [2.24, 2.45) is 17.4 Å². The number of pyridine rings is 2. The fourth-order valence-corrected chi connectivity index (χ4v) is 3.03. The number of carbonyl (C=O) groups is 2. The van der Waals surface area contributed by atoms with Gasteiger partial charge in [-0.15, -0.1) is 0 Å². The van der Waals surface area contributed by atoms with Crippen molar-refractivity contribution in [1.29, 1.82) is 0 Å². The van der Waals surface area contributed by atoms with Crippen molar-refractivity contribution in [2.75, 3.05) is 16.8 Å². The maximum absolute atomic E-state index is 13.0. The van der Waals surface area contributed by atoms with Crippen LogP contribution in [-0.4, -0.2) is 34.4 Å². The summed E-state index contributed by atoms with van der Waals surface area (Å²) in [4.78, 5) is 33.4. The molecular formula is C18H19FN6O2. The highest BCUT2D eigenvalue weighted by Gasteiger charge is 2.35. The first-order valence-electron chi connectivity index (χ1n) is 8.28. The van der Waals surface area contributed by atoms with E-state index in [4.69, 9.17) is 11.5 Å². The largest absolute Gasteiger partial charge is 0.365 e. The molecule has 3 rings (SSSR count). The summed E-state index contributed by atoms with van der Waals surface area (Å²) < 4.78 is 13.0. The van der Waals surface area contributed by atoms with Crippen LogP contribution in [0.5, 0.6) is 0 Å². The second-order valence-corrected chi connectivity index (χ2v) is 6.11. The van der Waals surface area contributed by atoms with Gasteiger partial charge in [0.1, 0.15) is 11.6 Å². The number of hydrogen-bond acceptors (Lipinski definition) is 7. The zero-order valence-electron chi connectivity index (χ0n) is 14.4. The standard InChI is InChI=1S/C18H19FN6O2/c1-2-13(26)11-7-8-25(16(11)20)15-6-4-12(17(21)27)18(24-15)23-10-3-5-14(19)22-9-10/h2-6,9,11,16H,1,7-8,20H2,(H2,21,27)(H,23,24). The monoisotopic (exact) mass is 370 g/mol. The van der Waals surface area contributed by atoms with Crippen molar-refractivity contribution in [1.82, 2.24) is 9.97 Å². The predicted octanol–water partition coefficient (Wildman–Crippen LogP) is 1.32. The van der Waals surface area contributed by atoms with E-state index in [1.165, 1.54) is 30.5 Å². The first kappa shape index (κ1) is 18.5. The lowest BCUT2D eigenvalue weighted by Gasteiger charge is -2.25. The van der Waals surface area contributed by atoms with Gasteiger partial charge in [-0.05, 0) is 36.8 Å². The lowest BCUT2D eigenvalue weighted by molar-refractivity contribution is -0.118. The molecule has 140 valence electrons. The van der Waals surface area contributed by atoms with Gasteiger partial charge in [-0.2, -0.15) is 4.39 Å². The molecule has 0 aliphatic carbocycles. The van der Waals surface area contributed by atoms with Crippen LogP contribution >= 0.6 is 0 Å². The van der Waals surface area contributed by atoms with Gasteiger partial charge >= 0.3 is 0 Å². The number of amides is 1. The summed E-state index contributed by atoms with van der Waals surface area (Å²) in [6.07, 6.45) is 2.57. The number of nitrogens with one attached hydrogen (secondary N) is 1. The van der Waals surface area contributed by atoms with Crippen molar-refractivity contribution in [3.63, 3.8) is 0 Å². The van der Waals surface area contributed by atoms with E-state index in [9.17, 15) is 14.0 Å². The van der Waals surface area contributed by atoms with Crippen LogP contribution in [0.3, 0.4) is 0 Å². The van der Waals surface area contributed by atoms with Gasteiger partial charge < -0.3 is 21.7 Å². The molecule has 2 atom stereocenters. The number of aromatic nitrogens is 2. The minimum absolute atomic E-state index is 0.116. The molecule has 9 heteroatoms. The van der Waals surface area contributed by atoms with Crippen molar-refractivity contribution >= 4 is 29.0 Å². The van der Waals surface area contributed by atoms with Gasteiger partial charge in [-0.25, -0.2) is 9.97 Å². The number of nitrogens with two attached hydrogens (primary N) is 2. The molecule has 1 saturated heterocycles. The molecule has 2 aromatic heterocycles. The number of halogens is 1. The third kappa shape index (κ3) is 3.77. The van der Waals surface area contributed by atoms with Crippen LogP contribution in [0.4, 0.5) is 21.7 Å². The molecule has 0 saturated carbocycles. The van der Waals surface area contributed by atoms with Gasteiger partial charge in [-0.3, -0.25) is 9.59 Å². The Kier molecular flexibility index (Phi) is 5.13. The summed E-state index contributed by atoms with van der Waals surface area (Å²) in [7, 11) is 0. The Bertz CT molecular complexity index is 886. The minimum Gasteiger partial charge on any atom is -0.365 e. The molecule has 3 heterocycles. The van der Waals surface area contributed by atoms with E-state index in [1.807, 2.05) is 0 Å². The Balaban J connectivity index is 1.91. The van der Waals surface area contributed by atoms with Gasteiger partial charge in [-0.1, -0.05) is 6.58 Å². The molecule has 0 aromatic carbocycles. The molecule has 0 radical (unpaired) electrons. The van der Waals surface area contributed by atoms with E-state index in [1.54, 1.807) is 11.0 Å². The summed E-state index contributed by atoms with van der Waals surface area (Å²) in [5.74, 6) is -1.09. The zero-order chi connectivity index (χ0) is 19.6. The fraction of sp³-hybridized carbons (Fsp3) is 0.222. The van der Waals surface area contributed by atoms with Gasteiger partial charge in [0.2, 0.25) is 5.95 Å². The lowest BCUT2D eigenvalue weighted by atomic mass is 10.0. The molecule has 0 bridgehead atoms. The number of anilines is 3. The lowest BCUT2D eigenvalue weighted by Crippen LogP contribution is -2.43. The molecule has 1 amide bonds. The predicted molar refractivity (Wildman–Crippen MR) is 98.9 cm³/mol. The Morgan fingerprint density at radius 1 is 1.33 bits per heavy atom. The number of rotatable bonds is 6. The van der Waals surface area contributed by atoms with E-state index < -0.39 is 18.0 Å². The second-order valence-electron chi connectivity index (χ2n) is 6.11. The van der Waals surface area contributed by atoms with Gasteiger partial charge in [0.25, 0.3) is 5.91 Å². The average Bonchev–Trinajstić information content (AvgIpc) is 3.04. The van der Waals surface area contributed by atoms with Crippen molar-refractivity contribution in [3.8, 4) is 0 Å². The quantitative estimate of drug-likeness (QED) is 0.517. The van der Waals surface area contributed by atoms with Crippen LogP contribution in [0.2, 0.25) is 0 Å². The van der Waals surface area contributed by atoms with Crippen LogP contribution in [0.15, 0.2) is 43.1 Å². The maximum Gasteiger partial charge on any atom is 0.252 e. The van der Waals surface area contributed by atoms with Crippen LogP contribution in [0.1, 0.15) is 16.8 Å². The molecule has 1 aliphatic rings. The number of hydrogen-bond donors (Lipinski definition) is 3. The normalized spacial score (nSPS) is 19.0. The maximum atomic E-state index is 13.0. The van der Waals surface area contributed by atoms with Crippen LogP contribution < -0.4 is 21.7 Å². The number of ketones is 1. The van der Waals surface area contributed by atoms with Crippen molar-refractivity contribution in [2.45, 2.75) is 12.6 Å². The van der Waals surface area contributed by atoms with Gasteiger partial charge in [0.15, 0.2) is 5.78 Å². The van der Waals surface area contributed by atoms with Gasteiger partial charge in [0.05, 0.1) is 29.5 Å². The Labute approximate surface area is 155 Å². The SMILES string of the molecule is C=CC(=O)C1CCN(c2ccc(C(N)=O)c(Nc3ccc(F)nc3)n2)C1N. The first-order chi connectivity index (χ1) is 12.9. The van der Waals surface area contributed by atoms with Crippen LogP contribution in [0.25, 0.3) is 0 Å². The third-order valence-corrected chi connectivity index (χ3v) is 4.45. The van der Waals surface area contributed by atoms with Crippen molar-refractivity contribution < 1.29 is 14.0 Å². The Hall–Kier alpha value is -3.33. The van der Waals surface area contributed by atoms with Crippen molar-refractivity contribution in [3.05, 3.63) is 54.6 Å².